The summed E-state index contributed by atoms with van der Waals surface area (Å²) in [4.78, 5) is -0.0710. The van der Waals surface area contributed by atoms with Crippen LogP contribution in [-0.2, 0) is 16.6 Å². The SMILES string of the molecule is CCn1cc(S(=O)(=O)Nc2ccc(Br)cc2Cl)c(N)n1. The van der Waals surface area contributed by atoms with Crippen LogP contribution in [0.2, 0.25) is 5.02 Å². The maximum atomic E-state index is 12.3. The molecule has 0 saturated heterocycles. The highest BCUT2D eigenvalue weighted by atomic mass is 79.9. The maximum Gasteiger partial charge on any atom is 0.267 e. The molecule has 0 aliphatic rings. The van der Waals surface area contributed by atoms with Gasteiger partial charge in [-0.05, 0) is 25.1 Å². The molecule has 0 unspecified atom stereocenters. The number of nitrogen functional groups attached to an aromatic ring is 1. The lowest BCUT2D eigenvalue weighted by atomic mass is 10.3. The van der Waals surface area contributed by atoms with E-state index in [1.54, 1.807) is 18.2 Å². The smallest absolute Gasteiger partial charge is 0.267 e. The number of rotatable bonds is 4. The molecule has 0 radical (unpaired) electrons. The summed E-state index contributed by atoms with van der Waals surface area (Å²) in [6.07, 6.45) is 1.38. The van der Waals surface area contributed by atoms with Crippen LogP contribution in [0.25, 0.3) is 0 Å². The Hall–Kier alpha value is -1.25. The summed E-state index contributed by atoms with van der Waals surface area (Å²) in [6, 6.07) is 4.84. The predicted octanol–water partition coefficient (Wildman–Crippen LogP) is 2.70. The Labute approximate surface area is 130 Å². The van der Waals surface area contributed by atoms with Gasteiger partial charge in [0.15, 0.2) is 5.82 Å². The first kappa shape index (κ1) is 15.1. The van der Waals surface area contributed by atoms with E-state index in [4.69, 9.17) is 17.3 Å². The van der Waals surface area contributed by atoms with Crippen molar-refractivity contribution in [1.82, 2.24) is 9.78 Å². The van der Waals surface area contributed by atoms with Crippen LogP contribution >= 0.6 is 27.5 Å². The molecule has 1 aromatic heterocycles. The van der Waals surface area contributed by atoms with Crippen LogP contribution in [0.3, 0.4) is 0 Å². The maximum absolute atomic E-state index is 12.3. The average molecular weight is 380 g/mol. The summed E-state index contributed by atoms with van der Waals surface area (Å²) in [6.45, 7) is 2.36. The molecule has 2 rings (SSSR count). The zero-order valence-corrected chi connectivity index (χ0v) is 13.6. The zero-order chi connectivity index (χ0) is 14.9. The van der Waals surface area contributed by atoms with Gasteiger partial charge in [-0.1, -0.05) is 27.5 Å². The van der Waals surface area contributed by atoms with Gasteiger partial charge in [-0.25, -0.2) is 8.42 Å². The Kier molecular flexibility index (Phi) is 4.26. The number of hydrogen-bond acceptors (Lipinski definition) is 4. The van der Waals surface area contributed by atoms with Gasteiger partial charge in [-0.2, -0.15) is 5.10 Å². The molecule has 108 valence electrons. The summed E-state index contributed by atoms with van der Waals surface area (Å²) >= 11 is 9.24. The molecular weight excluding hydrogens is 368 g/mol. The third kappa shape index (κ3) is 3.08. The number of nitrogens with zero attached hydrogens (tertiary/aromatic N) is 2. The number of nitrogens with two attached hydrogens (primary N) is 1. The normalized spacial score (nSPS) is 11.6. The van der Waals surface area contributed by atoms with Gasteiger partial charge in [0.05, 0.1) is 10.7 Å². The summed E-state index contributed by atoms with van der Waals surface area (Å²) in [5.41, 5.74) is 5.90. The summed E-state index contributed by atoms with van der Waals surface area (Å²) < 4.78 is 29.1. The average Bonchev–Trinajstić information content (AvgIpc) is 2.75. The Morgan fingerprint density at radius 2 is 2.20 bits per heavy atom. The fourth-order valence-electron chi connectivity index (χ4n) is 1.56. The second kappa shape index (κ2) is 5.63. The van der Waals surface area contributed by atoms with Crippen molar-refractivity contribution in [2.45, 2.75) is 18.4 Å². The van der Waals surface area contributed by atoms with Crippen LogP contribution in [0.1, 0.15) is 6.92 Å². The van der Waals surface area contributed by atoms with Gasteiger partial charge in [0, 0.05) is 17.2 Å². The van der Waals surface area contributed by atoms with Gasteiger partial charge >= 0.3 is 0 Å². The molecule has 2 aromatic rings. The summed E-state index contributed by atoms with van der Waals surface area (Å²) in [5.74, 6) is -0.0485. The lowest BCUT2D eigenvalue weighted by Crippen LogP contribution is -2.14. The molecular formula is C11H12BrClN4O2S. The molecule has 0 aliphatic heterocycles. The first-order valence-corrected chi connectivity index (χ1v) is 8.29. The van der Waals surface area contributed by atoms with Crippen LogP contribution in [-0.4, -0.2) is 18.2 Å². The minimum Gasteiger partial charge on any atom is -0.381 e. The quantitative estimate of drug-likeness (QED) is 0.854. The van der Waals surface area contributed by atoms with E-state index in [0.717, 1.165) is 4.47 Å². The van der Waals surface area contributed by atoms with E-state index in [1.165, 1.54) is 10.9 Å². The van der Waals surface area contributed by atoms with Crippen LogP contribution in [0.5, 0.6) is 0 Å². The number of anilines is 2. The zero-order valence-electron chi connectivity index (χ0n) is 10.5. The van der Waals surface area contributed by atoms with Crippen LogP contribution in [0.15, 0.2) is 33.8 Å². The first-order valence-electron chi connectivity index (χ1n) is 5.64. The molecule has 1 aromatic carbocycles. The highest BCUT2D eigenvalue weighted by molar-refractivity contribution is 9.10. The number of halogens is 2. The number of benzene rings is 1. The van der Waals surface area contributed by atoms with Gasteiger partial charge in [0.1, 0.15) is 4.90 Å². The largest absolute Gasteiger partial charge is 0.381 e. The number of aromatic nitrogens is 2. The fourth-order valence-corrected chi connectivity index (χ4v) is 3.49. The van der Waals surface area contributed by atoms with Crippen molar-refractivity contribution in [2.75, 3.05) is 10.5 Å². The van der Waals surface area contributed by atoms with E-state index in [2.05, 4.69) is 25.8 Å². The lowest BCUT2D eigenvalue weighted by Gasteiger charge is -2.08. The van der Waals surface area contributed by atoms with E-state index in [1.807, 2.05) is 6.92 Å². The topological polar surface area (TPSA) is 90.0 Å². The minimum atomic E-state index is -3.83. The summed E-state index contributed by atoms with van der Waals surface area (Å²) in [7, 11) is -3.83. The molecule has 1 heterocycles. The Balaban J connectivity index is 2.38. The molecule has 0 amide bonds. The van der Waals surface area contributed by atoms with Crippen molar-refractivity contribution >= 4 is 49.1 Å². The lowest BCUT2D eigenvalue weighted by molar-refractivity contribution is 0.600. The number of sulfonamides is 1. The highest BCUT2D eigenvalue weighted by Crippen LogP contribution is 2.28. The monoisotopic (exact) mass is 378 g/mol. The second-order valence-electron chi connectivity index (χ2n) is 3.96. The van der Waals surface area contributed by atoms with Gasteiger partial charge in [-0.3, -0.25) is 9.40 Å². The Morgan fingerprint density at radius 3 is 2.75 bits per heavy atom. The molecule has 3 N–H and O–H groups in total. The molecule has 0 atom stereocenters. The number of nitrogens with one attached hydrogen (secondary N) is 1. The van der Waals surface area contributed by atoms with Crippen molar-refractivity contribution in [3.63, 3.8) is 0 Å². The van der Waals surface area contributed by atoms with E-state index < -0.39 is 10.0 Å². The molecule has 0 bridgehead atoms. The van der Waals surface area contributed by atoms with Crippen LogP contribution < -0.4 is 10.5 Å². The van der Waals surface area contributed by atoms with Gasteiger partial charge in [-0.15, -0.1) is 0 Å². The van der Waals surface area contributed by atoms with E-state index in [-0.39, 0.29) is 21.4 Å². The molecule has 9 heteroatoms. The Morgan fingerprint density at radius 1 is 1.50 bits per heavy atom. The van der Waals surface area contributed by atoms with E-state index in [9.17, 15) is 8.42 Å². The minimum absolute atomic E-state index is 0.0485. The van der Waals surface area contributed by atoms with E-state index in [0.29, 0.717) is 6.54 Å². The van der Waals surface area contributed by atoms with Crippen LogP contribution in [0, 0.1) is 0 Å². The third-order valence-corrected chi connectivity index (χ3v) is 4.73. The predicted molar refractivity (Wildman–Crippen MR) is 82.3 cm³/mol. The van der Waals surface area contributed by atoms with Gasteiger partial charge in [0.25, 0.3) is 10.0 Å². The van der Waals surface area contributed by atoms with Crippen molar-refractivity contribution in [2.24, 2.45) is 0 Å². The molecule has 0 saturated carbocycles. The second-order valence-corrected chi connectivity index (χ2v) is 6.94. The molecule has 20 heavy (non-hydrogen) atoms. The number of hydrogen-bond donors (Lipinski definition) is 2. The van der Waals surface area contributed by atoms with Gasteiger partial charge in [0.2, 0.25) is 0 Å². The third-order valence-electron chi connectivity index (χ3n) is 2.54. The fraction of sp³-hybridized carbons (Fsp3) is 0.182. The molecule has 0 fully saturated rings. The standard InChI is InChI=1S/C11H12BrClN4O2S/c1-2-17-6-10(11(14)15-17)20(18,19)16-9-4-3-7(12)5-8(9)13/h3-6,16H,2H2,1H3,(H2,14,15). The summed E-state index contributed by atoms with van der Waals surface area (Å²) in [5, 5.41) is 4.19. The van der Waals surface area contributed by atoms with Crippen molar-refractivity contribution in [3.05, 3.63) is 33.9 Å². The highest BCUT2D eigenvalue weighted by Gasteiger charge is 2.22. The number of aryl methyl sites for hydroxylation is 1. The van der Waals surface area contributed by atoms with Crippen molar-refractivity contribution in [3.8, 4) is 0 Å². The van der Waals surface area contributed by atoms with Gasteiger partial charge < -0.3 is 5.73 Å². The first-order chi connectivity index (χ1) is 9.33. The molecule has 0 aliphatic carbocycles. The van der Waals surface area contributed by atoms with Crippen molar-refractivity contribution < 1.29 is 8.42 Å². The van der Waals surface area contributed by atoms with E-state index >= 15 is 0 Å². The van der Waals surface area contributed by atoms with Crippen LogP contribution in [0.4, 0.5) is 11.5 Å². The molecule has 0 spiro atoms. The van der Waals surface area contributed by atoms with Crippen molar-refractivity contribution in [1.29, 1.82) is 0 Å². The Bertz CT molecular complexity index is 745. The molecule has 6 nitrogen and oxygen atoms in total.